The largest absolute Gasteiger partial charge is 0.0622 e. The molecule has 0 saturated carbocycles. The van der Waals surface area contributed by atoms with Crippen LogP contribution < -0.4 is 0 Å². The number of fused-ring (bicyclic) bond motifs is 20. The second-order valence-corrected chi connectivity index (χ2v) is 38.0. The van der Waals surface area contributed by atoms with E-state index >= 15 is 0 Å². The first-order valence-electron chi connectivity index (χ1n) is 50.0. The molecule has 29 aromatic rings. The lowest BCUT2D eigenvalue weighted by Crippen LogP contribution is -1.92. The first kappa shape index (κ1) is 84.6. The molecule has 0 bridgehead atoms. The van der Waals surface area contributed by atoms with Gasteiger partial charge >= 0.3 is 0 Å². The minimum absolute atomic E-state index is 1.22. The van der Waals surface area contributed by atoms with E-state index in [9.17, 15) is 0 Å². The molecule has 29 rings (SSSR count). The highest BCUT2D eigenvalue weighted by Crippen LogP contribution is 2.53. The van der Waals surface area contributed by atoms with Crippen molar-refractivity contribution in [1.29, 1.82) is 0 Å². The zero-order valence-electron chi connectivity index (χ0n) is 79.1. The van der Waals surface area contributed by atoms with Crippen LogP contribution in [0.5, 0.6) is 0 Å². The van der Waals surface area contributed by atoms with Gasteiger partial charge in [-0.15, -0.1) is 0 Å². The van der Waals surface area contributed by atoms with Gasteiger partial charge in [-0.1, -0.05) is 528 Å². The minimum atomic E-state index is 1.22. The summed E-state index contributed by atoms with van der Waals surface area (Å²) in [6.45, 7) is 0. The van der Waals surface area contributed by atoms with Crippen LogP contribution in [-0.2, 0) is 0 Å². The summed E-state index contributed by atoms with van der Waals surface area (Å²) in [5.41, 5.74) is 27.6. The predicted octanol–water partition coefficient (Wildman–Crippen LogP) is 40.7. The van der Waals surface area contributed by atoms with E-state index in [0.717, 1.165) is 0 Å². The van der Waals surface area contributed by atoms with Gasteiger partial charge in [-0.25, -0.2) is 0 Å². The van der Waals surface area contributed by atoms with Crippen molar-refractivity contribution in [2.75, 3.05) is 0 Å². The third-order valence-electron chi connectivity index (χ3n) is 30.1. The van der Waals surface area contributed by atoms with Crippen molar-refractivity contribution in [3.63, 3.8) is 0 Å². The van der Waals surface area contributed by atoms with E-state index in [1.54, 1.807) is 0 Å². The van der Waals surface area contributed by atoms with Crippen molar-refractivity contribution >= 4 is 162 Å². The molecule has 0 unspecified atom stereocenters. The van der Waals surface area contributed by atoms with Gasteiger partial charge in [0.25, 0.3) is 0 Å². The van der Waals surface area contributed by atoms with E-state index in [-0.39, 0.29) is 0 Å². The Bertz CT molecular complexity index is 10000. The van der Waals surface area contributed by atoms with E-state index < -0.39 is 0 Å². The van der Waals surface area contributed by atoms with Gasteiger partial charge < -0.3 is 0 Å². The summed E-state index contributed by atoms with van der Waals surface area (Å²) in [5.74, 6) is 0. The molecule has 144 heavy (non-hydrogen) atoms. The van der Waals surface area contributed by atoms with Crippen LogP contribution in [0.25, 0.3) is 284 Å². The third-order valence-corrected chi connectivity index (χ3v) is 30.1. The Labute approximate surface area is 835 Å². The second-order valence-electron chi connectivity index (χ2n) is 38.0. The molecule has 0 aromatic heterocycles. The molecule has 0 saturated heterocycles. The van der Waals surface area contributed by atoms with Crippen LogP contribution in [0, 0.1) is 0 Å². The molecule has 0 amide bonds. The predicted molar refractivity (Wildman–Crippen MR) is 622 cm³/mol. The van der Waals surface area contributed by atoms with E-state index in [2.05, 4.69) is 558 Å². The zero-order valence-corrected chi connectivity index (χ0v) is 79.1. The quantitative estimate of drug-likeness (QED) is 0.0894. The van der Waals surface area contributed by atoms with E-state index in [1.165, 1.54) is 284 Å². The summed E-state index contributed by atoms with van der Waals surface area (Å²) < 4.78 is 0. The normalized spacial score (nSPS) is 11.6. The van der Waals surface area contributed by atoms with E-state index in [4.69, 9.17) is 0 Å². The fourth-order valence-electron chi connectivity index (χ4n) is 23.8. The molecular formula is C144H92. The highest BCUT2D eigenvalue weighted by molar-refractivity contribution is 6.34. The van der Waals surface area contributed by atoms with Crippen molar-refractivity contribution in [1.82, 2.24) is 0 Å². The first-order chi connectivity index (χ1) is 71.5. The van der Waals surface area contributed by atoms with Gasteiger partial charge in [0.15, 0.2) is 0 Å². The fourth-order valence-corrected chi connectivity index (χ4v) is 23.8. The molecule has 0 fully saturated rings. The number of rotatable bonds is 11. The number of benzene rings is 29. The van der Waals surface area contributed by atoms with Crippen molar-refractivity contribution < 1.29 is 0 Å². The van der Waals surface area contributed by atoms with Gasteiger partial charge in [0.1, 0.15) is 0 Å². The summed E-state index contributed by atoms with van der Waals surface area (Å²) in [6, 6.07) is 205. The lowest BCUT2D eigenvalue weighted by molar-refractivity contribution is 1.62. The van der Waals surface area contributed by atoms with Crippen LogP contribution in [0.3, 0.4) is 0 Å². The van der Waals surface area contributed by atoms with Crippen LogP contribution in [0.1, 0.15) is 0 Å². The third kappa shape index (κ3) is 14.5. The topological polar surface area (TPSA) is 0 Å². The van der Waals surface area contributed by atoms with Crippen LogP contribution >= 0.6 is 0 Å². The fraction of sp³-hybridized carbons (Fsp3) is 0. The molecule has 0 heterocycles. The van der Waals surface area contributed by atoms with Crippen LogP contribution in [-0.4, -0.2) is 0 Å². The van der Waals surface area contributed by atoms with E-state index in [1.807, 2.05) is 0 Å². The van der Waals surface area contributed by atoms with Gasteiger partial charge in [0.05, 0.1) is 0 Å². The maximum atomic E-state index is 2.44. The monoisotopic (exact) mass is 1820 g/mol. The molecule has 0 atom stereocenters. The molecule has 668 valence electrons. The van der Waals surface area contributed by atoms with Gasteiger partial charge in [-0.2, -0.15) is 0 Å². The summed E-state index contributed by atoms with van der Waals surface area (Å²) in [6.07, 6.45) is 0. The van der Waals surface area contributed by atoms with Crippen LogP contribution in [0.15, 0.2) is 558 Å². The van der Waals surface area contributed by atoms with Crippen LogP contribution in [0.2, 0.25) is 0 Å². The summed E-state index contributed by atoms with van der Waals surface area (Å²) in [5, 5.41) is 38.4. The van der Waals surface area contributed by atoms with Crippen molar-refractivity contribution in [2.45, 2.75) is 0 Å². The smallest absolute Gasteiger partial charge is 0.00199 e. The molecule has 0 N–H and O–H groups in total. The Hall–Kier alpha value is -18.7. The Morgan fingerprint density at radius 2 is 0.306 bits per heavy atom. The van der Waals surface area contributed by atoms with Gasteiger partial charge in [0.2, 0.25) is 0 Å². The molecule has 0 aliphatic carbocycles. The van der Waals surface area contributed by atoms with Crippen molar-refractivity contribution in [3.8, 4) is 122 Å². The standard InChI is InChI=1S/C50H32.C48H30.C46H30/c1-2-14-33(15-3-1)38-30-31-47(41-20-8-6-19-40(38)41)50-45-24-12-10-22-43(45)49(44-23-11-13-25-46(44)50)35-28-26-34(27-29-35)48-32-36-16-4-5-17-37(36)39-18-7-9-21-42(39)48;1-2-15-31(16-3-1)46-40-25-10-12-27-42(40)47(43-28-13-11-26-41(43)46)33-18-14-17-32(29-33)44-30-45-36-21-5-4-19-34(36)35-20-6-8-23-38(35)48(45)39-24-9-7-22-37(39)44;1-2-14-32(15-3-1)37-27-28-44(39-20-7-6-19-38(37)39)46-42-23-10-8-21-40(42)45(41-22-9-11-24-43(41)46)36-18-12-17-34(30-36)35-26-25-31-13-4-5-16-33(31)29-35/h1-32H;1-30H;1-30H. The molecule has 0 aliphatic heterocycles. The molecule has 0 spiro atoms. The lowest BCUT2D eigenvalue weighted by atomic mass is 9.83. The molecule has 0 heteroatoms. The Morgan fingerprint density at radius 1 is 0.0764 bits per heavy atom. The number of hydrogen-bond donors (Lipinski definition) is 0. The summed E-state index contributed by atoms with van der Waals surface area (Å²) in [7, 11) is 0. The van der Waals surface area contributed by atoms with Gasteiger partial charge in [-0.3, -0.25) is 0 Å². The Balaban J connectivity index is 0.000000108. The highest BCUT2D eigenvalue weighted by Gasteiger charge is 2.26. The molecule has 0 aliphatic rings. The van der Waals surface area contributed by atoms with Crippen molar-refractivity contribution in [2.24, 2.45) is 0 Å². The molecular weight excluding hydrogens is 1730 g/mol. The SMILES string of the molecule is c1ccc(-c2c3ccccc3c(-c3cccc(-c4cc5c6ccccc6c6ccccc6c5c5ccccc45)c3)c3ccccc23)cc1.c1ccc(-c2ccc(-c3c4ccccc4c(-c4ccc(-c5cc6ccccc6c6ccccc56)cc4)c4ccccc34)c3ccccc23)cc1.c1ccc(-c2ccc(-c3c4ccccc4c(-c4cccc(-c5ccc6ccccc6c5)c4)c4ccccc34)c3ccccc23)cc1. The van der Waals surface area contributed by atoms with Gasteiger partial charge in [-0.05, 0) is 314 Å². The average Bonchev–Trinajstić information content (AvgIpc) is 0.726. The maximum absolute atomic E-state index is 2.44. The molecule has 29 aromatic carbocycles. The maximum Gasteiger partial charge on any atom is -0.00199 e. The minimum Gasteiger partial charge on any atom is -0.0622 e. The van der Waals surface area contributed by atoms with Crippen LogP contribution in [0.4, 0.5) is 0 Å². The highest BCUT2D eigenvalue weighted by atomic mass is 14.3. The van der Waals surface area contributed by atoms with Gasteiger partial charge in [0, 0.05) is 0 Å². The summed E-state index contributed by atoms with van der Waals surface area (Å²) in [4.78, 5) is 0. The Kier molecular flexibility index (Phi) is 21.1. The first-order valence-corrected chi connectivity index (χ1v) is 50.0. The second kappa shape index (κ2) is 35.9. The average molecular weight is 1820 g/mol. The lowest BCUT2D eigenvalue weighted by Gasteiger charge is -2.20. The summed E-state index contributed by atoms with van der Waals surface area (Å²) >= 11 is 0. The Morgan fingerprint density at radius 3 is 0.736 bits per heavy atom. The molecule has 0 radical (unpaired) electrons. The van der Waals surface area contributed by atoms with E-state index in [0.29, 0.717) is 0 Å². The molecule has 0 nitrogen and oxygen atoms in total. The zero-order chi connectivity index (χ0) is 95.1. The number of hydrogen-bond acceptors (Lipinski definition) is 0. The van der Waals surface area contributed by atoms with Crippen molar-refractivity contribution in [3.05, 3.63) is 558 Å².